The van der Waals surface area contributed by atoms with Crippen molar-refractivity contribution in [3.63, 3.8) is 0 Å². The number of carbonyl (C=O) groups is 1. The minimum absolute atomic E-state index is 0.159. The summed E-state index contributed by atoms with van der Waals surface area (Å²) in [6.07, 6.45) is 0.263. The largest absolute Gasteiger partial charge is 0.497 e. The fourth-order valence-electron chi connectivity index (χ4n) is 1.10. The molecule has 1 aromatic carbocycles. The van der Waals surface area contributed by atoms with Gasteiger partial charge in [-0.05, 0) is 24.3 Å². The minimum atomic E-state index is -0.159. The van der Waals surface area contributed by atoms with Gasteiger partial charge in [0.2, 0.25) is 5.91 Å². The standard InChI is InChI=1S/C11H16N2O3/c1-13(12)11(14)7-8-16-10-5-3-9(15-2)4-6-10/h3-6H,7-8,12H2,1-2H3. The van der Waals surface area contributed by atoms with Crippen molar-refractivity contribution in [2.75, 3.05) is 20.8 Å². The van der Waals surface area contributed by atoms with Crippen LogP contribution in [0.3, 0.4) is 0 Å². The summed E-state index contributed by atoms with van der Waals surface area (Å²) < 4.78 is 10.4. The first-order valence-electron chi connectivity index (χ1n) is 4.91. The van der Waals surface area contributed by atoms with Crippen LogP contribution in [0.15, 0.2) is 24.3 Å². The summed E-state index contributed by atoms with van der Waals surface area (Å²) in [6, 6.07) is 7.17. The van der Waals surface area contributed by atoms with E-state index >= 15 is 0 Å². The molecule has 0 bridgehead atoms. The monoisotopic (exact) mass is 224 g/mol. The van der Waals surface area contributed by atoms with E-state index in [4.69, 9.17) is 15.3 Å². The Labute approximate surface area is 94.7 Å². The molecule has 0 aromatic heterocycles. The summed E-state index contributed by atoms with van der Waals surface area (Å²) in [5.41, 5.74) is 0. The number of benzene rings is 1. The maximum atomic E-state index is 11.1. The predicted octanol–water partition coefficient (Wildman–Crippen LogP) is 0.796. The van der Waals surface area contributed by atoms with Crippen LogP contribution >= 0.6 is 0 Å². The first kappa shape index (κ1) is 12.3. The number of rotatable bonds is 5. The van der Waals surface area contributed by atoms with Gasteiger partial charge in [-0.1, -0.05) is 0 Å². The number of amides is 1. The smallest absolute Gasteiger partial charge is 0.239 e. The Kier molecular flexibility index (Phi) is 4.60. The van der Waals surface area contributed by atoms with Crippen molar-refractivity contribution < 1.29 is 14.3 Å². The van der Waals surface area contributed by atoms with Crippen LogP contribution in [-0.4, -0.2) is 31.7 Å². The summed E-state index contributed by atoms with van der Waals surface area (Å²) >= 11 is 0. The van der Waals surface area contributed by atoms with Crippen molar-refractivity contribution in [2.24, 2.45) is 5.84 Å². The fourth-order valence-corrected chi connectivity index (χ4v) is 1.10. The van der Waals surface area contributed by atoms with Crippen LogP contribution in [0, 0.1) is 0 Å². The molecule has 0 aliphatic rings. The molecule has 16 heavy (non-hydrogen) atoms. The van der Waals surface area contributed by atoms with Gasteiger partial charge >= 0.3 is 0 Å². The second-order valence-corrected chi connectivity index (χ2v) is 3.28. The van der Waals surface area contributed by atoms with Gasteiger partial charge in [-0.25, -0.2) is 5.84 Å². The zero-order valence-corrected chi connectivity index (χ0v) is 9.47. The molecular weight excluding hydrogens is 208 g/mol. The van der Waals surface area contributed by atoms with Crippen molar-refractivity contribution in [1.82, 2.24) is 5.01 Å². The van der Waals surface area contributed by atoms with Crippen molar-refractivity contribution in [2.45, 2.75) is 6.42 Å². The molecule has 0 saturated carbocycles. The molecule has 0 aliphatic heterocycles. The van der Waals surface area contributed by atoms with E-state index in [-0.39, 0.29) is 12.3 Å². The van der Waals surface area contributed by atoms with Crippen molar-refractivity contribution in [1.29, 1.82) is 0 Å². The second kappa shape index (κ2) is 5.97. The maximum Gasteiger partial charge on any atom is 0.239 e. The summed E-state index contributed by atoms with van der Waals surface area (Å²) in [5.74, 6) is 6.58. The number of carbonyl (C=O) groups excluding carboxylic acids is 1. The molecule has 5 nitrogen and oxygen atoms in total. The Morgan fingerprint density at radius 3 is 2.38 bits per heavy atom. The van der Waals surface area contributed by atoms with Crippen LogP contribution in [0.5, 0.6) is 11.5 Å². The number of hydrogen-bond donors (Lipinski definition) is 1. The van der Waals surface area contributed by atoms with Crippen LogP contribution in [-0.2, 0) is 4.79 Å². The van der Waals surface area contributed by atoms with Gasteiger partial charge in [-0.15, -0.1) is 0 Å². The molecule has 88 valence electrons. The highest BCUT2D eigenvalue weighted by atomic mass is 16.5. The van der Waals surface area contributed by atoms with E-state index in [2.05, 4.69) is 0 Å². The maximum absolute atomic E-state index is 11.1. The average Bonchev–Trinajstić information content (AvgIpc) is 2.29. The SMILES string of the molecule is COc1ccc(OCCC(=O)N(C)N)cc1. The van der Waals surface area contributed by atoms with E-state index in [1.54, 1.807) is 31.4 Å². The van der Waals surface area contributed by atoms with Crippen LogP contribution < -0.4 is 15.3 Å². The molecule has 0 atom stereocenters. The molecule has 0 heterocycles. The number of nitrogens with zero attached hydrogens (tertiary/aromatic N) is 1. The average molecular weight is 224 g/mol. The summed E-state index contributed by atoms with van der Waals surface area (Å²) in [7, 11) is 3.11. The van der Waals surface area contributed by atoms with Gasteiger partial charge in [0.05, 0.1) is 20.1 Å². The third kappa shape index (κ3) is 3.78. The van der Waals surface area contributed by atoms with E-state index in [9.17, 15) is 4.79 Å². The van der Waals surface area contributed by atoms with Crippen molar-refractivity contribution in [3.05, 3.63) is 24.3 Å². The number of methoxy groups -OCH3 is 1. The second-order valence-electron chi connectivity index (χ2n) is 3.28. The number of ether oxygens (including phenoxy) is 2. The van der Waals surface area contributed by atoms with Crippen LogP contribution in [0.25, 0.3) is 0 Å². The van der Waals surface area contributed by atoms with Gasteiger partial charge in [-0.2, -0.15) is 0 Å². The first-order valence-corrected chi connectivity index (χ1v) is 4.91. The molecule has 1 amide bonds. The van der Waals surface area contributed by atoms with Gasteiger partial charge < -0.3 is 9.47 Å². The minimum Gasteiger partial charge on any atom is -0.497 e. The van der Waals surface area contributed by atoms with E-state index in [0.717, 1.165) is 10.8 Å². The molecule has 0 unspecified atom stereocenters. The Morgan fingerprint density at radius 1 is 1.31 bits per heavy atom. The van der Waals surface area contributed by atoms with Gasteiger partial charge in [0.1, 0.15) is 11.5 Å². The Balaban J connectivity index is 2.34. The first-order chi connectivity index (χ1) is 7.63. The van der Waals surface area contributed by atoms with Crippen LogP contribution in [0.2, 0.25) is 0 Å². The molecule has 0 aliphatic carbocycles. The lowest BCUT2D eigenvalue weighted by Gasteiger charge is -2.10. The highest BCUT2D eigenvalue weighted by Crippen LogP contribution is 2.16. The van der Waals surface area contributed by atoms with E-state index in [1.165, 1.54) is 7.05 Å². The van der Waals surface area contributed by atoms with E-state index < -0.39 is 0 Å². The number of hydrogen-bond acceptors (Lipinski definition) is 4. The lowest BCUT2D eigenvalue weighted by Crippen LogP contribution is -2.33. The topological polar surface area (TPSA) is 64.8 Å². The zero-order valence-electron chi connectivity index (χ0n) is 9.47. The zero-order chi connectivity index (χ0) is 12.0. The van der Waals surface area contributed by atoms with Crippen LogP contribution in [0.1, 0.15) is 6.42 Å². The highest BCUT2D eigenvalue weighted by molar-refractivity contribution is 5.75. The number of nitrogens with two attached hydrogens (primary N) is 1. The summed E-state index contributed by atoms with van der Waals surface area (Å²) in [6.45, 7) is 0.312. The Bertz CT molecular complexity index is 336. The molecule has 0 spiro atoms. The molecule has 0 fully saturated rings. The normalized spacial score (nSPS) is 9.69. The van der Waals surface area contributed by atoms with Gasteiger partial charge in [0, 0.05) is 7.05 Å². The lowest BCUT2D eigenvalue weighted by atomic mass is 10.3. The Hall–Kier alpha value is -1.75. The summed E-state index contributed by atoms with van der Waals surface area (Å²) in [4.78, 5) is 11.1. The summed E-state index contributed by atoms with van der Waals surface area (Å²) in [5, 5.41) is 1.05. The van der Waals surface area contributed by atoms with Crippen molar-refractivity contribution >= 4 is 5.91 Å². The molecule has 5 heteroatoms. The lowest BCUT2D eigenvalue weighted by molar-refractivity contribution is -0.130. The number of hydrazine groups is 1. The van der Waals surface area contributed by atoms with Gasteiger partial charge in [0.25, 0.3) is 0 Å². The molecule has 0 radical (unpaired) electrons. The van der Waals surface area contributed by atoms with Crippen LogP contribution in [0.4, 0.5) is 0 Å². The van der Waals surface area contributed by atoms with Gasteiger partial charge in [-0.3, -0.25) is 9.80 Å². The fraction of sp³-hybridized carbons (Fsp3) is 0.364. The Morgan fingerprint density at radius 2 is 1.88 bits per heavy atom. The molecular formula is C11H16N2O3. The third-order valence-electron chi connectivity index (χ3n) is 2.04. The quantitative estimate of drug-likeness (QED) is 0.456. The van der Waals surface area contributed by atoms with E-state index in [0.29, 0.717) is 12.4 Å². The predicted molar refractivity (Wildman–Crippen MR) is 60.1 cm³/mol. The molecule has 2 N–H and O–H groups in total. The third-order valence-corrected chi connectivity index (χ3v) is 2.04. The van der Waals surface area contributed by atoms with E-state index in [1.807, 2.05) is 0 Å². The highest BCUT2D eigenvalue weighted by Gasteiger charge is 2.04. The molecule has 0 saturated heterocycles. The molecule has 1 rings (SSSR count). The van der Waals surface area contributed by atoms with Crippen molar-refractivity contribution in [3.8, 4) is 11.5 Å². The van der Waals surface area contributed by atoms with Gasteiger partial charge in [0.15, 0.2) is 0 Å². The molecule has 1 aromatic rings.